The van der Waals surface area contributed by atoms with Gasteiger partial charge in [-0.3, -0.25) is 4.79 Å². The van der Waals surface area contributed by atoms with Crippen molar-refractivity contribution in [1.29, 1.82) is 0 Å². The zero-order valence-electron chi connectivity index (χ0n) is 11.8. The number of H-pyrrole nitrogens is 1. The fraction of sp³-hybridized carbons (Fsp3) is 0.438. The molecule has 0 radical (unpaired) electrons. The van der Waals surface area contributed by atoms with Crippen LogP contribution in [0.5, 0.6) is 0 Å². The van der Waals surface area contributed by atoms with Crippen LogP contribution >= 0.6 is 0 Å². The minimum absolute atomic E-state index is 0.0327. The minimum atomic E-state index is -0.0327. The van der Waals surface area contributed by atoms with Crippen LogP contribution in [-0.4, -0.2) is 31.2 Å². The second-order valence-corrected chi connectivity index (χ2v) is 5.30. The molecule has 106 valence electrons. The number of hydrogen-bond donors (Lipinski definition) is 2. The summed E-state index contributed by atoms with van der Waals surface area (Å²) in [5, 5.41) is 4.07. The van der Waals surface area contributed by atoms with E-state index in [1.165, 1.54) is 29.5 Å². The average molecular weight is 272 g/mol. The summed E-state index contributed by atoms with van der Waals surface area (Å²) in [6, 6.07) is 5.91. The molecule has 1 aliphatic carbocycles. The smallest absolute Gasteiger partial charge is 0.251 e. The van der Waals surface area contributed by atoms with E-state index in [0.717, 1.165) is 23.9 Å². The highest BCUT2D eigenvalue weighted by Gasteiger charge is 2.16. The molecule has 0 saturated carbocycles. The quantitative estimate of drug-likeness (QED) is 0.840. The van der Waals surface area contributed by atoms with Crippen LogP contribution in [-0.2, 0) is 17.6 Å². The van der Waals surface area contributed by atoms with Crippen LogP contribution in [0.25, 0.3) is 10.9 Å². The molecule has 20 heavy (non-hydrogen) atoms. The normalized spacial score (nSPS) is 14.2. The van der Waals surface area contributed by atoms with Gasteiger partial charge in [-0.25, -0.2) is 0 Å². The zero-order valence-corrected chi connectivity index (χ0v) is 11.8. The second kappa shape index (κ2) is 5.67. The van der Waals surface area contributed by atoms with E-state index >= 15 is 0 Å². The van der Waals surface area contributed by atoms with Gasteiger partial charge < -0.3 is 15.0 Å². The van der Waals surface area contributed by atoms with Gasteiger partial charge in [-0.05, 0) is 49.4 Å². The van der Waals surface area contributed by atoms with Crippen LogP contribution in [0, 0.1) is 0 Å². The third-order valence-electron chi connectivity index (χ3n) is 3.95. The lowest BCUT2D eigenvalue weighted by Gasteiger charge is -2.10. The van der Waals surface area contributed by atoms with Crippen molar-refractivity contribution in [1.82, 2.24) is 10.3 Å². The minimum Gasteiger partial charge on any atom is -0.383 e. The molecular formula is C16H20N2O2. The highest BCUT2D eigenvalue weighted by Crippen LogP contribution is 2.29. The number of aromatic nitrogens is 1. The van der Waals surface area contributed by atoms with Crippen molar-refractivity contribution in [3.8, 4) is 0 Å². The fourth-order valence-corrected chi connectivity index (χ4v) is 2.92. The molecule has 2 aromatic rings. The Hall–Kier alpha value is -1.81. The number of ether oxygens (including phenoxy) is 1. The van der Waals surface area contributed by atoms with Crippen LogP contribution in [0.3, 0.4) is 0 Å². The maximum atomic E-state index is 12.1. The number of rotatable bonds is 4. The van der Waals surface area contributed by atoms with Crippen molar-refractivity contribution in [2.24, 2.45) is 0 Å². The summed E-state index contributed by atoms with van der Waals surface area (Å²) in [5.41, 5.74) is 4.62. The number of carbonyl (C=O) groups is 1. The van der Waals surface area contributed by atoms with Gasteiger partial charge in [0.1, 0.15) is 0 Å². The van der Waals surface area contributed by atoms with E-state index in [-0.39, 0.29) is 5.91 Å². The van der Waals surface area contributed by atoms with Gasteiger partial charge in [0.05, 0.1) is 6.61 Å². The Morgan fingerprint density at radius 1 is 1.35 bits per heavy atom. The largest absolute Gasteiger partial charge is 0.383 e. The van der Waals surface area contributed by atoms with E-state index in [4.69, 9.17) is 4.74 Å². The third-order valence-corrected chi connectivity index (χ3v) is 3.95. The highest BCUT2D eigenvalue weighted by atomic mass is 16.5. The van der Waals surface area contributed by atoms with E-state index in [9.17, 15) is 4.79 Å². The summed E-state index contributed by atoms with van der Waals surface area (Å²) < 4.78 is 4.94. The lowest BCUT2D eigenvalue weighted by molar-refractivity contribution is 0.0937. The van der Waals surface area contributed by atoms with Gasteiger partial charge >= 0.3 is 0 Å². The molecule has 1 aromatic heterocycles. The van der Waals surface area contributed by atoms with Crippen molar-refractivity contribution in [2.45, 2.75) is 25.7 Å². The van der Waals surface area contributed by atoms with Gasteiger partial charge in [0.25, 0.3) is 5.91 Å². The molecule has 2 N–H and O–H groups in total. The van der Waals surface area contributed by atoms with Gasteiger partial charge in [0.2, 0.25) is 0 Å². The Bertz CT molecular complexity index is 631. The maximum Gasteiger partial charge on any atom is 0.251 e. The molecule has 4 heteroatoms. The Balaban J connectivity index is 1.88. The standard InChI is InChI=1S/C16H20N2O2/c1-20-9-8-17-16(19)11-6-7-15-13(10-11)12-4-2-3-5-14(12)18-15/h6-7,10,18H,2-5,8-9H2,1H3,(H,17,19). The van der Waals surface area contributed by atoms with Gasteiger partial charge in [-0.1, -0.05) is 0 Å². The Kier molecular flexibility index (Phi) is 3.74. The Labute approximate surface area is 118 Å². The average Bonchev–Trinajstić information content (AvgIpc) is 2.85. The highest BCUT2D eigenvalue weighted by molar-refractivity contribution is 5.99. The molecule has 4 nitrogen and oxygen atoms in total. The van der Waals surface area contributed by atoms with Gasteiger partial charge in [0.15, 0.2) is 0 Å². The molecule has 0 bridgehead atoms. The lowest BCUT2D eigenvalue weighted by atomic mass is 9.95. The number of methoxy groups -OCH3 is 1. The number of hydrogen-bond acceptors (Lipinski definition) is 2. The van der Waals surface area contributed by atoms with E-state index in [1.54, 1.807) is 7.11 Å². The molecule has 0 fully saturated rings. The van der Waals surface area contributed by atoms with Crippen LogP contribution < -0.4 is 5.32 Å². The fourth-order valence-electron chi connectivity index (χ4n) is 2.92. The number of fused-ring (bicyclic) bond motifs is 3. The molecular weight excluding hydrogens is 252 g/mol. The monoisotopic (exact) mass is 272 g/mol. The SMILES string of the molecule is COCCNC(=O)c1ccc2[nH]c3c(c2c1)CCCC3. The summed E-state index contributed by atoms with van der Waals surface area (Å²) in [6.45, 7) is 1.08. The predicted octanol–water partition coefficient (Wildman–Crippen LogP) is 2.42. The summed E-state index contributed by atoms with van der Waals surface area (Å²) >= 11 is 0. The first-order valence-corrected chi connectivity index (χ1v) is 7.20. The number of carbonyl (C=O) groups excluding carboxylic acids is 1. The number of aromatic amines is 1. The van der Waals surface area contributed by atoms with E-state index in [0.29, 0.717) is 13.2 Å². The third kappa shape index (κ3) is 2.43. The summed E-state index contributed by atoms with van der Waals surface area (Å²) in [7, 11) is 1.63. The molecule has 3 rings (SSSR count). The van der Waals surface area contributed by atoms with Crippen molar-refractivity contribution in [3.63, 3.8) is 0 Å². The Morgan fingerprint density at radius 3 is 3.05 bits per heavy atom. The Morgan fingerprint density at radius 2 is 2.20 bits per heavy atom. The lowest BCUT2D eigenvalue weighted by Crippen LogP contribution is -2.26. The van der Waals surface area contributed by atoms with Gasteiger partial charge in [0, 0.05) is 35.8 Å². The maximum absolute atomic E-state index is 12.1. The molecule has 0 aliphatic heterocycles. The van der Waals surface area contributed by atoms with Crippen molar-refractivity contribution in [3.05, 3.63) is 35.0 Å². The van der Waals surface area contributed by atoms with Gasteiger partial charge in [-0.15, -0.1) is 0 Å². The van der Waals surface area contributed by atoms with Crippen LogP contribution in [0.1, 0.15) is 34.5 Å². The molecule has 1 heterocycles. The van der Waals surface area contributed by atoms with E-state index in [2.05, 4.69) is 10.3 Å². The predicted molar refractivity (Wildman–Crippen MR) is 79.1 cm³/mol. The molecule has 1 aromatic carbocycles. The zero-order chi connectivity index (χ0) is 13.9. The van der Waals surface area contributed by atoms with Crippen molar-refractivity contribution in [2.75, 3.05) is 20.3 Å². The first-order valence-electron chi connectivity index (χ1n) is 7.20. The van der Waals surface area contributed by atoms with Crippen molar-refractivity contribution >= 4 is 16.8 Å². The number of nitrogens with one attached hydrogen (secondary N) is 2. The summed E-state index contributed by atoms with van der Waals surface area (Å²) in [4.78, 5) is 15.6. The van der Waals surface area contributed by atoms with Crippen LogP contribution in [0.15, 0.2) is 18.2 Å². The number of aryl methyl sites for hydroxylation is 2. The summed E-state index contributed by atoms with van der Waals surface area (Å²) in [6.07, 6.45) is 4.73. The molecule has 0 unspecified atom stereocenters. The number of benzene rings is 1. The molecule has 1 aliphatic rings. The van der Waals surface area contributed by atoms with Gasteiger partial charge in [-0.2, -0.15) is 0 Å². The van der Waals surface area contributed by atoms with E-state index in [1.807, 2.05) is 18.2 Å². The van der Waals surface area contributed by atoms with E-state index < -0.39 is 0 Å². The van der Waals surface area contributed by atoms with Crippen molar-refractivity contribution < 1.29 is 9.53 Å². The first kappa shape index (κ1) is 13.2. The first-order chi connectivity index (χ1) is 9.79. The molecule has 1 amide bonds. The molecule has 0 spiro atoms. The molecule has 0 saturated heterocycles. The molecule has 0 atom stereocenters. The topological polar surface area (TPSA) is 54.1 Å². The van der Waals surface area contributed by atoms with Crippen LogP contribution in [0.4, 0.5) is 0 Å². The van der Waals surface area contributed by atoms with Crippen LogP contribution in [0.2, 0.25) is 0 Å². The number of amides is 1. The summed E-state index contributed by atoms with van der Waals surface area (Å²) in [5.74, 6) is -0.0327. The second-order valence-electron chi connectivity index (χ2n) is 5.30.